The minimum absolute atomic E-state index is 0.433. The van der Waals surface area contributed by atoms with Gasteiger partial charge in [-0.25, -0.2) is 0 Å². The zero-order valence-electron chi connectivity index (χ0n) is 10.4. The van der Waals surface area contributed by atoms with Gasteiger partial charge in [0.1, 0.15) is 6.04 Å². The van der Waals surface area contributed by atoms with E-state index in [0.717, 1.165) is 0 Å². The van der Waals surface area contributed by atoms with Crippen LogP contribution in [0.3, 0.4) is 0 Å². The Balaban J connectivity index is 2.39. The Morgan fingerprint density at radius 1 is 1.44 bits per heavy atom. The van der Waals surface area contributed by atoms with Crippen LogP contribution in [0.5, 0.6) is 0 Å². The highest BCUT2D eigenvalue weighted by atomic mass is 16.4. The number of nitrogens with one attached hydrogen (secondary N) is 1. The molecule has 1 aliphatic carbocycles. The molecule has 1 unspecified atom stereocenters. The van der Waals surface area contributed by atoms with Crippen LogP contribution in [0.1, 0.15) is 39.0 Å². The van der Waals surface area contributed by atoms with Gasteiger partial charge in [-0.15, -0.1) is 0 Å². The average molecular weight is 228 g/mol. The van der Waals surface area contributed by atoms with Crippen molar-refractivity contribution in [1.82, 2.24) is 10.2 Å². The fourth-order valence-corrected chi connectivity index (χ4v) is 2.44. The van der Waals surface area contributed by atoms with E-state index in [4.69, 9.17) is 5.11 Å². The van der Waals surface area contributed by atoms with Crippen LogP contribution < -0.4 is 5.32 Å². The summed E-state index contributed by atoms with van der Waals surface area (Å²) in [7, 11) is 2.04. The summed E-state index contributed by atoms with van der Waals surface area (Å²) in [5, 5.41) is 12.1. The van der Waals surface area contributed by atoms with E-state index in [1.165, 1.54) is 32.1 Å². The van der Waals surface area contributed by atoms with Gasteiger partial charge in [0.2, 0.25) is 0 Å². The maximum atomic E-state index is 11.0. The van der Waals surface area contributed by atoms with Crippen molar-refractivity contribution in [2.24, 2.45) is 0 Å². The molecular weight excluding hydrogens is 204 g/mol. The van der Waals surface area contributed by atoms with Gasteiger partial charge in [-0.05, 0) is 26.4 Å². The molecule has 1 rings (SSSR count). The van der Waals surface area contributed by atoms with Gasteiger partial charge >= 0.3 is 5.97 Å². The zero-order chi connectivity index (χ0) is 12.0. The molecular formula is C12H24N2O2. The molecule has 0 aromatic rings. The Hall–Kier alpha value is -0.610. The number of likely N-dealkylation sites (N-methyl/N-ethyl adjacent to an activating group) is 2. The van der Waals surface area contributed by atoms with Crippen LogP contribution in [-0.2, 0) is 4.79 Å². The van der Waals surface area contributed by atoms with Crippen LogP contribution in [0.15, 0.2) is 0 Å². The van der Waals surface area contributed by atoms with Gasteiger partial charge in [0, 0.05) is 12.6 Å². The van der Waals surface area contributed by atoms with E-state index in [1.54, 1.807) is 0 Å². The number of rotatable bonds is 6. The molecule has 0 aromatic heterocycles. The molecule has 0 heterocycles. The number of carbonyl (C=O) groups is 1. The smallest absolute Gasteiger partial charge is 0.322 e. The lowest BCUT2D eigenvalue weighted by Crippen LogP contribution is -2.48. The fourth-order valence-electron chi connectivity index (χ4n) is 2.44. The van der Waals surface area contributed by atoms with Gasteiger partial charge < -0.3 is 15.3 Å². The van der Waals surface area contributed by atoms with Gasteiger partial charge in [0.15, 0.2) is 0 Å². The van der Waals surface area contributed by atoms with E-state index in [1.807, 2.05) is 14.0 Å². The first-order chi connectivity index (χ1) is 7.65. The summed E-state index contributed by atoms with van der Waals surface area (Å²) in [5.74, 6) is -0.746. The van der Waals surface area contributed by atoms with Crippen LogP contribution >= 0.6 is 0 Å². The summed E-state index contributed by atoms with van der Waals surface area (Å²) in [6.45, 7) is 3.25. The number of nitrogens with zero attached hydrogens (tertiary/aromatic N) is 1. The Morgan fingerprint density at radius 3 is 2.56 bits per heavy atom. The Labute approximate surface area is 98.0 Å². The van der Waals surface area contributed by atoms with Crippen LogP contribution in [-0.4, -0.2) is 48.2 Å². The maximum absolute atomic E-state index is 11.0. The van der Waals surface area contributed by atoms with Gasteiger partial charge in [-0.1, -0.05) is 26.2 Å². The number of aliphatic carboxylic acids is 1. The van der Waals surface area contributed by atoms with Crippen molar-refractivity contribution < 1.29 is 9.90 Å². The third-order valence-electron chi connectivity index (χ3n) is 3.42. The summed E-state index contributed by atoms with van der Waals surface area (Å²) >= 11 is 0. The highest BCUT2D eigenvalue weighted by molar-refractivity contribution is 5.73. The van der Waals surface area contributed by atoms with E-state index in [-0.39, 0.29) is 0 Å². The van der Waals surface area contributed by atoms with E-state index in [9.17, 15) is 4.79 Å². The molecule has 0 aromatic carbocycles. The highest BCUT2D eigenvalue weighted by Crippen LogP contribution is 2.21. The predicted octanol–water partition coefficient (Wildman–Crippen LogP) is 1.31. The molecule has 2 N–H and O–H groups in total. The molecule has 0 radical (unpaired) electrons. The molecule has 0 spiro atoms. The van der Waals surface area contributed by atoms with Crippen molar-refractivity contribution in [2.75, 3.05) is 20.1 Å². The van der Waals surface area contributed by atoms with Gasteiger partial charge in [-0.2, -0.15) is 0 Å². The minimum atomic E-state index is -0.746. The standard InChI is InChI=1S/C12H24N2O2/c1-3-13-11(12(15)16)9-14(2)10-7-5-4-6-8-10/h10-11,13H,3-9H2,1-2H3,(H,15,16). The largest absolute Gasteiger partial charge is 0.480 e. The predicted molar refractivity (Wildman–Crippen MR) is 64.6 cm³/mol. The summed E-state index contributed by atoms with van der Waals surface area (Å²) in [5.41, 5.74) is 0. The second-order valence-electron chi connectivity index (χ2n) is 4.68. The first kappa shape index (κ1) is 13.5. The Bertz CT molecular complexity index is 215. The van der Waals surface area contributed by atoms with E-state index in [0.29, 0.717) is 19.1 Å². The number of hydrogen-bond acceptors (Lipinski definition) is 3. The maximum Gasteiger partial charge on any atom is 0.322 e. The van der Waals surface area contributed by atoms with E-state index < -0.39 is 12.0 Å². The van der Waals surface area contributed by atoms with Crippen molar-refractivity contribution in [3.05, 3.63) is 0 Å². The molecule has 1 saturated carbocycles. The zero-order valence-corrected chi connectivity index (χ0v) is 10.4. The lowest BCUT2D eigenvalue weighted by molar-refractivity contribution is -0.140. The molecule has 0 saturated heterocycles. The summed E-state index contributed by atoms with van der Waals surface area (Å²) in [6.07, 6.45) is 6.34. The number of hydrogen-bond donors (Lipinski definition) is 2. The first-order valence-corrected chi connectivity index (χ1v) is 6.31. The lowest BCUT2D eigenvalue weighted by atomic mass is 9.94. The molecule has 0 aliphatic heterocycles. The summed E-state index contributed by atoms with van der Waals surface area (Å²) in [6, 6.07) is 0.145. The van der Waals surface area contributed by atoms with E-state index in [2.05, 4.69) is 10.2 Å². The molecule has 1 fully saturated rings. The van der Waals surface area contributed by atoms with Crippen molar-refractivity contribution in [1.29, 1.82) is 0 Å². The molecule has 0 amide bonds. The molecule has 4 nitrogen and oxygen atoms in total. The van der Waals surface area contributed by atoms with Crippen molar-refractivity contribution in [3.8, 4) is 0 Å². The lowest BCUT2D eigenvalue weighted by Gasteiger charge is -2.32. The van der Waals surface area contributed by atoms with Crippen molar-refractivity contribution in [2.45, 2.75) is 51.1 Å². The highest BCUT2D eigenvalue weighted by Gasteiger charge is 2.23. The third-order valence-corrected chi connectivity index (χ3v) is 3.42. The van der Waals surface area contributed by atoms with Gasteiger partial charge in [-0.3, -0.25) is 4.79 Å². The van der Waals surface area contributed by atoms with Crippen molar-refractivity contribution >= 4 is 5.97 Å². The number of carboxylic acid groups (broad SMARTS) is 1. The summed E-state index contributed by atoms with van der Waals surface area (Å²) in [4.78, 5) is 13.2. The Kier molecular flexibility index (Phi) is 5.77. The van der Waals surface area contributed by atoms with Crippen molar-refractivity contribution in [3.63, 3.8) is 0 Å². The summed E-state index contributed by atoms with van der Waals surface area (Å²) < 4.78 is 0. The molecule has 0 bridgehead atoms. The second-order valence-corrected chi connectivity index (χ2v) is 4.68. The molecule has 1 aliphatic rings. The van der Waals surface area contributed by atoms with Crippen LogP contribution in [0, 0.1) is 0 Å². The van der Waals surface area contributed by atoms with Gasteiger partial charge in [0.25, 0.3) is 0 Å². The molecule has 16 heavy (non-hydrogen) atoms. The SMILES string of the molecule is CCNC(CN(C)C1CCCCC1)C(=O)O. The normalized spacial score (nSPS) is 19.9. The molecule has 94 valence electrons. The Morgan fingerprint density at radius 2 is 2.06 bits per heavy atom. The first-order valence-electron chi connectivity index (χ1n) is 6.31. The average Bonchev–Trinajstić information content (AvgIpc) is 2.29. The molecule has 4 heteroatoms. The van der Waals surface area contributed by atoms with Crippen LogP contribution in [0.4, 0.5) is 0 Å². The van der Waals surface area contributed by atoms with Crippen LogP contribution in [0.2, 0.25) is 0 Å². The monoisotopic (exact) mass is 228 g/mol. The third kappa shape index (κ3) is 4.10. The quantitative estimate of drug-likeness (QED) is 0.720. The molecule has 1 atom stereocenters. The second kappa shape index (κ2) is 6.86. The number of carboxylic acids is 1. The van der Waals surface area contributed by atoms with Gasteiger partial charge in [0.05, 0.1) is 0 Å². The fraction of sp³-hybridized carbons (Fsp3) is 0.917. The minimum Gasteiger partial charge on any atom is -0.480 e. The van der Waals surface area contributed by atoms with E-state index >= 15 is 0 Å². The topological polar surface area (TPSA) is 52.6 Å². The van der Waals surface area contributed by atoms with Crippen LogP contribution in [0.25, 0.3) is 0 Å².